The number of aromatic nitrogens is 2. The zero-order chi connectivity index (χ0) is 22.1. The second-order valence-corrected chi connectivity index (χ2v) is 8.26. The fraction of sp³-hybridized carbons (Fsp3) is 0.0870. The topological polar surface area (TPSA) is 82.5 Å². The molecule has 0 saturated heterocycles. The lowest BCUT2D eigenvalue weighted by atomic mass is 10.2. The Hall–Kier alpha value is -3.49. The maximum Gasteiger partial charge on any atom is 0.266 e. The number of amides is 1. The van der Waals surface area contributed by atoms with Crippen LogP contribution in [0.4, 0.5) is 5.69 Å². The number of benzene rings is 3. The summed E-state index contributed by atoms with van der Waals surface area (Å²) in [5, 5.41) is 4.11. The molecule has 160 valence electrons. The van der Waals surface area contributed by atoms with E-state index in [1.165, 1.54) is 4.57 Å². The van der Waals surface area contributed by atoms with E-state index >= 15 is 0 Å². The van der Waals surface area contributed by atoms with Crippen LogP contribution < -0.4 is 20.3 Å². The molecule has 0 unspecified atom stereocenters. The molecule has 1 amide bonds. The molecule has 0 fully saturated rings. The molecular formula is C23H16ClN3O4S. The minimum Gasteiger partial charge on any atom is -0.454 e. The van der Waals surface area contributed by atoms with Crippen LogP contribution in [0.5, 0.6) is 11.5 Å². The quantitative estimate of drug-likeness (QED) is 0.345. The van der Waals surface area contributed by atoms with E-state index in [0.29, 0.717) is 44.0 Å². The molecule has 0 radical (unpaired) electrons. The zero-order valence-electron chi connectivity index (χ0n) is 16.6. The number of rotatable bonds is 5. The summed E-state index contributed by atoms with van der Waals surface area (Å²) in [7, 11) is 0. The number of nitrogens with one attached hydrogen (secondary N) is 1. The number of carbonyl (C=O) groups excluding carboxylic acids is 1. The summed E-state index contributed by atoms with van der Waals surface area (Å²) in [6.45, 7) is 0.132. The van der Waals surface area contributed by atoms with E-state index in [9.17, 15) is 9.59 Å². The average molecular weight is 466 g/mol. The van der Waals surface area contributed by atoms with Crippen molar-refractivity contribution >= 4 is 45.9 Å². The van der Waals surface area contributed by atoms with Gasteiger partial charge in [-0.2, -0.15) is 0 Å². The van der Waals surface area contributed by atoms with Gasteiger partial charge in [-0.15, -0.1) is 0 Å². The standard InChI is InChI=1S/C23H16ClN3O4S/c24-16-6-2-4-8-18(16)25-21(28)12-32-23-26-17-7-3-1-5-15(17)22(29)27(23)14-9-10-19-20(11-14)31-13-30-19/h1-11H,12-13H2,(H,25,28). The van der Waals surface area contributed by atoms with Crippen molar-refractivity contribution in [3.8, 4) is 17.2 Å². The first-order valence-electron chi connectivity index (χ1n) is 9.69. The molecule has 1 aliphatic rings. The molecule has 0 bridgehead atoms. The summed E-state index contributed by atoms with van der Waals surface area (Å²) in [5.41, 5.74) is 1.43. The fourth-order valence-corrected chi connectivity index (χ4v) is 4.34. The minimum absolute atomic E-state index is 0.0422. The lowest BCUT2D eigenvalue weighted by Gasteiger charge is -2.14. The number of nitrogens with zero attached hydrogens (tertiary/aromatic N) is 2. The van der Waals surface area contributed by atoms with Gasteiger partial charge in [0, 0.05) is 6.07 Å². The van der Waals surface area contributed by atoms with E-state index in [2.05, 4.69) is 10.3 Å². The van der Waals surface area contributed by atoms with Gasteiger partial charge in [0.1, 0.15) is 0 Å². The van der Waals surface area contributed by atoms with Gasteiger partial charge in [-0.1, -0.05) is 47.6 Å². The number of carbonyl (C=O) groups is 1. The molecule has 0 aliphatic carbocycles. The number of anilines is 1. The summed E-state index contributed by atoms with van der Waals surface area (Å²) in [5.74, 6) is 0.946. The third kappa shape index (κ3) is 3.90. The van der Waals surface area contributed by atoms with Crippen LogP contribution in [-0.4, -0.2) is 28.0 Å². The maximum absolute atomic E-state index is 13.3. The second-order valence-electron chi connectivity index (χ2n) is 6.91. The summed E-state index contributed by atoms with van der Waals surface area (Å²) < 4.78 is 12.3. The summed E-state index contributed by atoms with van der Waals surface area (Å²) in [6, 6.07) is 19.4. The van der Waals surface area contributed by atoms with Gasteiger partial charge in [-0.05, 0) is 36.4 Å². The van der Waals surface area contributed by atoms with Crippen molar-refractivity contribution in [3.05, 3.63) is 82.1 Å². The van der Waals surface area contributed by atoms with Crippen LogP contribution in [0.25, 0.3) is 16.6 Å². The highest BCUT2D eigenvalue weighted by Crippen LogP contribution is 2.34. The Bertz CT molecular complexity index is 1410. The molecule has 7 nitrogen and oxygen atoms in total. The van der Waals surface area contributed by atoms with Gasteiger partial charge in [0.2, 0.25) is 12.7 Å². The van der Waals surface area contributed by atoms with E-state index in [-0.39, 0.29) is 24.0 Å². The van der Waals surface area contributed by atoms with E-state index in [0.717, 1.165) is 11.8 Å². The van der Waals surface area contributed by atoms with E-state index in [4.69, 9.17) is 21.1 Å². The zero-order valence-corrected chi connectivity index (χ0v) is 18.2. The average Bonchev–Trinajstić information content (AvgIpc) is 3.27. The molecule has 0 saturated carbocycles. The number of halogens is 1. The maximum atomic E-state index is 13.3. The molecule has 1 aliphatic heterocycles. The molecule has 5 rings (SSSR count). The summed E-state index contributed by atoms with van der Waals surface area (Å²) in [6.07, 6.45) is 0. The van der Waals surface area contributed by atoms with Gasteiger partial charge in [0.15, 0.2) is 16.7 Å². The Labute approximate surface area is 191 Å². The van der Waals surface area contributed by atoms with Crippen LogP contribution in [0.3, 0.4) is 0 Å². The van der Waals surface area contributed by atoms with Crippen LogP contribution in [0.1, 0.15) is 0 Å². The third-order valence-electron chi connectivity index (χ3n) is 4.84. The minimum atomic E-state index is -0.261. The van der Waals surface area contributed by atoms with E-state index in [1.54, 1.807) is 60.7 Å². The van der Waals surface area contributed by atoms with Gasteiger partial charge >= 0.3 is 0 Å². The highest BCUT2D eigenvalue weighted by atomic mass is 35.5. The molecule has 32 heavy (non-hydrogen) atoms. The predicted molar refractivity (Wildman–Crippen MR) is 124 cm³/mol. The second kappa shape index (κ2) is 8.57. The molecule has 3 aromatic carbocycles. The Morgan fingerprint density at radius 2 is 1.84 bits per heavy atom. The molecule has 1 aromatic heterocycles. The third-order valence-corrected chi connectivity index (χ3v) is 6.11. The number of thioether (sulfide) groups is 1. The molecule has 2 heterocycles. The van der Waals surface area contributed by atoms with Gasteiger partial charge in [-0.25, -0.2) is 4.98 Å². The van der Waals surface area contributed by atoms with Crippen LogP contribution >= 0.6 is 23.4 Å². The number of para-hydroxylation sites is 2. The van der Waals surface area contributed by atoms with E-state index in [1.807, 2.05) is 6.07 Å². The van der Waals surface area contributed by atoms with Crippen LogP contribution in [0, 0.1) is 0 Å². The Morgan fingerprint density at radius 1 is 1.06 bits per heavy atom. The molecular weight excluding hydrogens is 450 g/mol. The van der Waals surface area contributed by atoms with Crippen molar-refractivity contribution in [2.75, 3.05) is 17.9 Å². The largest absolute Gasteiger partial charge is 0.454 e. The van der Waals surface area contributed by atoms with Gasteiger partial charge < -0.3 is 14.8 Å². The van der Waals surface area contributed by atoms with Crippen LogP contribution in [0.2, 0.25) is 5.02 Å². The van der Waals surface area contributed by atoms with Gasteiger partial charge in [0.25, 0.3) is 5.56 Å². The van der Waals surface area contributed by atoms with Crippen molar-refractivity contribution in [1.82, 2.24) is 9.55 Å². The molecule has 0 atom stereocenters. The molecule has 1 N–H and O–H groups in total. The van der Waals surface area contributed by atoms with Gasteiger partial charge in [0.05, 0.1) is 33.1 Å². The lowest BCUT2D eigenvalue weighted by Crippen LogP contribution is -2.23. The first kappa shape index (κ1) is 20.4. The van der Waals surface area contributed by atoms with Crippen molar-refractivity contribution in [2.45, 2.75) is 5.16 Å². The Kier molecular flexibility index (Phi) is 5.46. The molecule has 4 aromatic rings. The number of fused-ring (bicyclic) bond motifs is 2. The van der Waals surface area contributed by atoms with Crippen molar-refractivity contribution in [2.24, 2.45) is 0 Å². The first-order chi connectivity index (χ1) is 15.6. The fourth-order valence-electron chi connectivity index (χ4n) is 3.34. The van der Waals surface area contributed by atoms with Gasteiger partial charge in [-0.3, -0.25) is 14.2 Å². The molecule has 9 heteroatoms. The Morgan fingerprint density at radius 3 is 2.72 bits per heavy atom. The normalized spacial score (nSPS) is 12.2. The number of hydrogen-bond acceptors (Lipinski definition) is 6. The lowest BCUT2D eigenvalue weighted by molar-refractivity contribution is -0.113. The SMILES string of the molecule is O=C(CSc1nc2ccccc2c(=O)n1-c1ccc2c(c1)OCO2)Nc1ccccc1Cl. The number of hydrogen-bond donors (Lipinski definition) is 1. The van der Waals surface area contributed by atoms with Crippen molar-refractivity contribution < 1.29 is 14.3 Å². The molecule has 0 spiro atoms. The van der Waals surface area contributed by atoms with Crippen LogP contribution in [0.15, 0.2) is 76.7 Å². The summed E-state index contributed by atoms with van der Waals surface area (Å²) >= 11 is 7.28. The van der Waals surface area contributed by atoms with Crippen LogP contribution in [-0.2, 0) is 4.79 Å². The highest BCUT2D eigenvalue weighted by molar-refractivity contribution is 7.99. The monoisotopic (exact) mass is 465 g/mol. The smallest absolute Gasteiger partial charge is 0.266 e. The summed E-state index contributed by atoms with van der Waals surface area (Å²) in [4.78, 5) is 30.5. The van der Waals surface area contributed by atoms with Crippen molar-refractivity contribution in [1.29, 1.82) is 0 Å². The highest BCUT2D eigenvalue weighted by Gasteiger charge is 2.19. The predicted octanol–water partition coefficient (Wildman–Crippen LogP) is 4.50. The van der Waals surface area contributed by atoms with Crippen molar-refractivity contribution in [3.63, 3.8) is 0 Å². The Balaban J connectivity index is 1.50. The number of ether oxygens (including phenoxy) is 2. The van der Waals surface area contributed by atoms with E-state index < -0.39 is 0 Å². The first-order valence-corrected chi connectivity index (χ1v) is 11.1.